The summed E-state index contributed by atoms with van der Waals surface area (Å²) in [4.78, 5) is 40.8. The van der Waals surface area contributed by atoms with Crippen LogP contribution in [0.3, 0.4) is 0 Å². The average molecular weight is 516 g/mol. The van der Waals surface area contributed by atoms with Crippen LogP contribution in [-0.2, 0) is 4.74 Å². The molecule has 2 heterocycles. The second kappa shape index (κ2) is 13.5. The number of hydrogen-bond acceptors (Lipinski definition) is 11. The number of anilines is 1. The van der Waals surface area contributed by atoms with Crippen LogP contribution in [0.25, 0.3) is 0 Å². The van der Waals surface area contributed by atoms with Gasteiger partial charge < -0.3 is 35.3 Å². The fourth-order valence-electron chi connectivity index (χ4n) is 3.74. The fourth-order valence-corrected chi connectivity index (χ4v) is 3.74. The molecular formula is C24H33N7O6. The molecule has 13 nitrogen and oxygen atoms in total. The number of carbonyl (C=O) groups excluding carboxylic acids is 2. The number of methoxy groups -OCH3 is 1. The number of aliphatic hydroxyl groups excluding tert-OH is 1. The first-order chi connectivity index (χ1) is 17.9. The van der Waals surface area contributed by atoms with Gasteiger partial charge in [-0.25, -0.2) is 9.97 Å². The maximum absolute atomic E-state index is 13.3. The Morgan fingerprint density at radius 2 is 2.03 bits per heavy atom. The van der Waals surface area contributed by atoms with Gasteiger partial charge in [-0.3, -0.25) is 19.5 Å². The molecule has 0 spiro atoms. The minimum Gasteiger partial charge on any atom is -0.491 e. The Morgan fingerprint density at radius 1 is 1.32 bits per heavy atom. The Kier molecular flexibility index (Phi) is 10.1. The summed E-state index contributed by atoms with van der Waals surface area (Å²) < 4.78 is 16.6. The normalized spacial score (nSPS) is 14.5. The highest BCUT2D eigenvalue weighted by Gasteiger charge is 2.24. The van der Waals surface area contributed by atoms with Crippen molar-refractivity contribution in [3.05, 3.63) is 35.7 Å². The van der Waals surface area contributed by atoms with Gasteiger partial charge in [0.2, 0.25) is 5.95 Å². The summed E-state index contributed by atoms with van der Waals surface area (Å²) in [5.74, 6) is -0.249. The minimum atomic E-state index is -0.727. The third-order valence-electron chi connectivity index (χ3n) is 5.73. The molecule has 0 radical (unpaired) electrons. The van der Waals surface area contributed by atoms with Gasteiger partial charge in [0.15, 0.2) is 11.5 Å². The summed E-state index contributed by atoms with van der Waals surface area (Å²) in [6, 6.07) is 3.14. The highest BCUT2D eigenvalue weighted by Crippen LogP contribution is 2.40. The molecule has 2 amide bonds. The van der Waals surface area contributed by atoms with Crippen molar-refractivity contribution >= 4 is 30.2 Å². The number of nitrogens with one attached hydrogen (secondary N) is 1. The molecule has 1 fully saturated rings. The second-order valence-corrected chi connectivity index (χ2v) is 8.18. The number of ether oxygens (including phenoxy) is 3. The van der Waals surface area contributed by atoms with Gasteiger partial charge in [-0.05, 0) is 25.8 Å². The number of morpholine rings is 1. The second-order valence-electron chi connectivity index (χ2n) is 8.18. The van der Waals surface area contributed by atoms with E-state index in [1.165, 1.54) is 24.4 Å². The maximum atomic E-state index is 13.3. The van der Waals surface area contributed by atoms with Crippen LogP contribution >= 0.6 is 0 Å². The molecule has 200 valence electrons. The molecule has 1 aromatic heterocycles. The van der Waals surface area contributed by atoms with E-state index >= 15 is 0 Å². The van der Waals surface area contributed by atoms with E-state index in [0.717, 1.165) is 13.1 Å². The molecule has 0 unspecified atom stereocenters. The van der Waals surface area contributed by atoms with Crippen molar-refractivity contribution in [1.82, 2.24) is 25.1 Å². The van der Waals surface area contributed by atoms with E-state index in [0.29, 0.717) is 32.1 Å². The van der Waals surface area contributed by atoms with Gasteiger partial charge in [-0.2, -0.15) is 0 Å². The first kappa shape index (κ1) is 27.8. The van der Waals surface area contributed by atoms with Gasteiger partial charge in [-0.1, -0.05) is 0 Å². The van der Waals surface area contributed by atoms with Crippen molar-refractivity contribution in [2.24, 2.45) is 4.99 Å². The Labute approximate surface area is 215 Å². The summed E-state index contributed by atoms with van der Waals surface area (Å²) in [5, 5.41) is 13.1. The van der Waals surface area contributed by atoms with Crippen LogP contribution in [0.5, 0.6) is 11.5 Å². The highest BCUT2D eigenvalue weighted by atomic mass is 16.5. The largest absolute Gasteiger partial charge is 0.491 e. The van der Waals surface area contributed by atoms with Crippen molar-refractivity contribution in [3.8, 4) is 11.5 Å². The zero-order valence-corrected chi connectivity index (χ0v) is 21.1. The third kappa shape index (κ3) is 7.35. The lowest BCUT2D eigenvalue weighted by atomic mass is 10.1. The van der Waals surface area contributed by atoms with Gasteiger partial charge in [0.1, 0.15) is 18.4 Å². The van der Waals surface area contributed by atoms with Crippen LogP contribution in [0, 0.1) is 0 Å². The van der Waals surface area contributed by atoms with E-state index in [4.69, 9.17) is 19.9 Å². The van der Waals surface area contributed by atoms with Crippen LogP contribution in [-0.4, -0.2) is 109 Å². The minimum absolute atomic E-state index is 0.0273. The Bertz CT molecular complexity index is 1080. The van der Waals surface area contributed by atoms with Crippen molar-refractivity contribution in [2.75, 3.05) is 65.5 Å². The van der Waals surface area contributed by atoms with Gasteiger partial charge in [0, 0.05) is 38.6 Å². The number of β-amino-alcohol motifs (C(OH)–C–C–N with tert-alkyl or cyclic N) is 1. The maximum Gasteiger partial charge on any atom is 0.257 e. The molecule has 0 aliphatic carbocycles. The molecule has 2 aromatic rings. The molecule has 1 atom stereocenters. The number of amides is 2. The van der Waals surface area contributed by atoms with Crippen LogP contribution in [0.1, 0.15) is 27.6 Å². The summed E-state index contributed by atoms with van der Waals surface area (Å²) in [5.41, 5.74) is 6.08. The number of aromatic nitrogens is 2. The lowest BCUT2D eigenvalue weighted by molar-refractivity contribution is 0.00445. The molecule has 13 heteroatoms. The van der Waals surface area contributed by atoms with Crippen LogP contribution < -0.4 is 20.5 Å². The number of aliphatic hydroxyl groups is 1. The lowest BCUT2D eigenvalue weighted by Gasteiger charge is -2.28. The van der Waals surface area contributed by atoms with Gasteiger partial charge >= 0.3 is 0 Å². The molecule has 0 saturated carbocycles. The Hall–Kier alpha value is -3.81. The van der Waals surface area contributed by atoms with Gasteiger partial charge in [-0.15, -0.1) is 0 Å². The van der Waals surface area contributed by atoms with E-state index in [1.807, 2.05) is 0 Å². The summed E-state index contributed by atoms with van der Waals surface area (Å²) >= 11 is 0. The summed E-state index contributed by atoms with van der Waals surface area (Å²) in [6.45, 7) is 8.87. The summed E-state index contributed by atoms with van der Waals surface area (Å²) in [6.07, 6.45) is 1.88. The number of aliphatic imine (C=N–C) groups is 1. The molecular weight excluding hydrogens is 482 g/mol. The van der Waals surface area contributed by atoms with Crippen LogP contribution in [0.2, 0.25) is 0 Å². The number of benzene rings is 1. The molecule has 3 rings (SSSR count). The van der Waals surface area contributed by atoms with Crippen molar-refractivity contribution in [2.45, 2.75) is 13.0 Å². The molecule has 1 saturated heterocycles. The molecule has 0 bridgehead atoms. The first-order valence-electron chi connectivity index (χ1n) is 11.8. The van der Waals surface area contributed by atoms with Crippen LogP contribution in [0.15, 0.2) is 29.5 Å². The standard InChI is InChI=1S/C24H33N7O6/c1-4-31(15-29-22(33)16-11-27-24(25)28-12-16)23(34)18-5-6-19(21(35-3)20(18)26-2)37-14-17(32)13-30-7-9-36-10-8-30/h5-6,11-12,17,32H,2,4,7-10,13-15H2,1,3H3,(H,29,33)(H2,25,27,28)/t17-/m0/s1. The number of rotatable bonds is 12. The molecule has 4 N–H and O–H groups in total. The van der Waals surface area contributed by atoms with E-state index in [2.05, 4.69) is 31.9 Å². The van der Waals surface area contributed by atoms with Crippen molar-refractivity contribution in [3.63, 3.8) is 0 Å². The quantitative estimate of drug-likeness (QED) is 0.265. The number of nitrogen functional groups attached to an aromatic ring is 1. The van der Waals surface area contributed by atoms with Gasteiger partial charge in [0.25, 0.3) is 11.8 Å². The van der Waals surface area contributed by atoms with E-state index in [-0.39, 0.29) is 41.8 Å². The zero-order chi connectivity index (χ0) is 26.8. The number of nitrogens with two attached hydrogens (primary N) is 1. The third-order valence-corrected chi connectivity index (χ3v) is 5.73. The topological polar surface area (TPSA) is 165 Å². The van der Waals surface area contributed by atoms with Crippen LogP contribution in [0.4, 0.5) is 11.6 Å². The number of nitrogens with zero attached hydrogens (tertiary/aromatic N) is 5. The lowest BCUT2D eigenvalue weighted by Crippen LogP contribution is -2.42. The smallest absolute Gasteiger partial charge is 0.257 e. The Balaban J connectivity index is 1.67. The first-order valence-corrected chi connectivity index (χ1v) is 11.8. The molecule has 1 aromatic carbocycles. The van der Waals surface area contributed by atoms with Crippen molar-refractivity contribution < 1.29 is 28.9 Å². The molecule has 1 aliphatic rings. The molecule has 1 aliphatic heterocycles. The predicted octanol–water partition coefficient (Wildman–Crippen LogP) is 0.321. The summed E-state index contributed by atoms with van der Waals surface area (Å²) in [7, 11) is 1.43. The van der Waals surface area contributed by atoms with E-state index in [1.54, 1.807) is 19.1 Å². The number of carbonyl (C=O) groups is 2. The Morgan fingerprint density at radius 3 is 2.65 bits per heavy atom. The molecule has 37 heavy (non-hydrogen) atoms. The number of hydrogen-bond donors (Lipinski definition) is 3. The van der Waals surface area contributed by atoms with E-state index in [9.17, 15) is 14.7 Å². The van der Waals surface area contributed by atoms with E-state index < -0.39 is 17.9 Å². The zero-order valence-electron chi connectivity index (χ0n) is 21.1. The monoisotopic (exact) mass is 515 g/mol. The highest BCUT2D eigenvalue weighted by molar-refractivity contribution is 6.01. The van der Waals surface area contributed by atoms with Gasteiger partial charge in [0.05, 0.1) is 38.1 Å². The SMILES string of the molecule is C=Nc1c(C(=O)N(CC)CNC(=O)c2cnc(N)nc2)ccc(OC[C@@H](O)CN2CCOCC2)c1OC. The fraction of sp³-hybridized carbons (Fsp3) is 0.458. The average Bonchev–Trinajstić information content (AvgIpc) is 2.92. The van der Waals surface area contributed by atoms with Crippen molar-refractivity contribution in [1.29, 1.82) is 0 Å². The predicted molar refractivity (Wildman–Crippen MR) is 136 cm³/mol.